The number of rotatable bonds is 5. The Labute approximate surface area is 143 Å². The van der Waals surface area contributed by atoms with E-state index in [-0.39, 0.29) is 11.7 Å². The van der Waals surface area contributed by atoms with Crippen LogP contribution in [0, 0.1) is 12.7 Å². The molecule has 0 fully saturated rings. The van der Waals surface area contributed by atoms with Crippen LogP contribution in [0.3, 0.4) is 0 Å². The summed E-state index contributed by atoms with van der Waals surface area (Å²) in [6.45, 7) is 3.82. The van der Waals surface area contributed by atoms with Gasteiger partial charge in [-0.1, -0.05) is 6.92 Å². The molecule has 0 aliphatic heterocycles. The van der Waals surface area contributed by atoms with E-state index in [1.54, 1.807) is 16.8 Å². The van der Waals surface area contributed by atoms with Crippen molar-refractivity contribution in [2.24, 2.45) is 0 Å². The number of aromatic nitrogens is 3. The fourth-order valence-corrected chi connectivity index (χ4v) is 3.08. The molecule has 5 nitrogen and oxygen atoms in total. The second kappa shape index (κ2) is 6.92. The van der Waals surface area contributed by atoms with Crippen LogP contribution in [0.2, 0.25) is 0 Å². The van der Waals surface area contributed by atoms with E-state index in [1.165, 1.54) is 23.5 Å². The third-order valence-electron chi connectivity index (χ3n) is 3.39. The third kappa shape index (κ3) is 3.51. The monoisotopic (exact) mass is 344 g/mol. The third-order valence-corrected chi connectivity index (χ3v) is 4.21. The second-order valence-corrected chi connectivity index (χ2v) is 6.24. The van der Waals surface area contributed by atoms with E-state index in [0.29, 0.717) is 17.4 Å². The predicted molar refractivity (Wildman–Crippen MR) is 92.9 cm³/mol. The molecular weight excluding hydrogens is 327 g/mol. The molecule has 3 aromatic rings. The van der Waals surface area contributed by atoms with Crippen LogP contribution in [0.4, 0.5) is 10.2 Å². The first-order valence-electron chi connectivity index (χ1n) is 7.65. The average molecular weight is 344 g/mol. The predicted octanol–water partition coefficient (Wildman–Crippen LogP) is 4.18. The molecule has 1 amide bonds. The largest absolute Gasteiger partial charge is 0.311 e. The molecule has 2 heterocycles. The fraction of sp³-hybridized carbons (Fsp3) is 0.235. The molecule has 0 aliphatic carbocycles. The van der Waals surface area contributed by atoms with Gasteiger partial charge in [0, 0.05) is 23.4 Å². The van der Waals surface area contributed by atoms with E-state index in [1.807, 2.05) is 25.3 Å². The standard InChI is InChI=1S/C17H17FN4OS/c1-3-4-16(23)20-15-9-11(2)21-22(15)17-19-14(10-24-17)12-5-7-13(18)8-6-12/h5-10H,3-4H2,1-2H3,(H,20,23). The van der Waals surface area contributed by atoms with E-state index in [9.17, 15) is 9.18 Å². The van der Waals surface area contributed by atoms with Crippen molar-refractivity contribution < 1.29 is 9.18 Å². The first-order chi connectivity index (χ1) is 11.6. The van der Waals surface area contributed by atoms with Crippen LogP contribution in [0.15, 0.2) is 35.7 Å². The van der Waals surface area contributed by atoms with Crippen LogP contribution in [0.1, 0.15) is 25.5 Å². The molecule has 0 unspecified atom stereocenters. The van der Waals surface area contributed by atoms with Crippen LogP contribution in [-0.4, -0.2) is 20.7 Å². The molecule has 1 aromatic carbocycles. The van der Waals surface area contributed by atoms with Crippen molar-refractivity contribution in [3.63, 3.8) is 0 Å². The maximum atomic E-state index is 13.0. The molecule has 1 N–H and O–H groups in total. The molecule has 124 valence electrons. The summed E-state index contributed by atoms with van der Waals surface area (Å²) in [4.78, 5) is 16.4. The number of halogens is 1. The van der Waals surface area contributed by atoms with Gasteiger partial charge in [0.15, 0.2) is 0 Å². The number of thiazole rings is 1. The van der Waals surface area contributed by atoms with E-state index >= 15 is 0 Å². The van der Waals surface area contributed by atoms with E-state index < -0.39 is 0 Å². The molecule has 0 aliphatic rings. The Bertz CT molecular complexity index is 854. The van der Waals surface area contributed by atoms with Crippen LogP contribution in [-0.2, 0) is 4.79 Å². The number of nitrogens with one attached hydrogen (secondary N) is 1. The molecule has 0 atom stereocenters. The minimum atomic E-state index is -0.280. The second-order valence-electron chi connectivity index (χ2n) is 5.40. The first kappa shape index (κ1) is 16.3. The number of benzene rings is 1. The summed E-state index contributed by atoms with van der Waals surface area (Å²) in [5.74, 6) is 0.276. The van der Waals surface area contributed by atoms with Crippen LogP contribution in [0.25, 0.3) is 16.4 Å². The zero-order chi connectivity index (χ0) is 17.1. The van der Waals surface area contributed by atoms with Crippen molar-refractivity contribution in [1.29, 1.82) is 0 Å². The van der Waals surface area contributed by atoms with Gasteiger partial charge in [0.2, 0.25) is 11.0 Å². The highest BCUT2D eigenvalue weighted by Gasteiger charge is 2.14. The average Bonchev–Trinajstić information content (AvgIpc) is 3.15. The van der Waals surface area contributed by atoms with Gasteiger partial charge in [0.05, 0.1) is 11.4 Å². The number of carbonyl (C=O) groups excluding carboxylic acids is 1. The highest BCUT2D eigenvalue weighted by molar-refractivity contribution is 7.12. The SMILES string of the molecule is CCCC(=O)Nc1cc(C)nn1-c1nc(-c2ccc(F)cc2)cs1. The van der Waals surface area contributed by atoms with Crippen molar-refractivity contribution in [2.45, 2.75) is 26.7 Å². The Balaban J connectivity index is 1.90. The van der Waals surface area contributed by atoms with E-state index in [4.69, 9.17) is 0 Å². The lowest BCUT2D eigenvalue weighted by molar-refractivity contribution is -0.116. The van der Waals surface area contributed by atoms with Gasteiger partial charge in [-0.25, -0.2) is 9.37 Å². The normalized spacial score (nSPS) is 10.8. The highest BCUT2D eigenvalue weighted by Crippen LogP contribution is 2.26. The molecule has 0 bridgehead atoms. The van der Waals surface area contributed by atoms with Crippen molar-refractivity contribution in [3.8, 4) is 16.4 Å². The molecule has 2 aromatic heterocycles. The van der Waals surface area contributed by atoms with Crippen LogP contribution in [0.5, 0.6) is 0 Å². The highest BCUT2D eigenvalue weighted by atomic mass is 32.1. The minimum absolute atomic E-state index is 0.0473. The van der Waals surface area contributed by atoms with Crippen LogP contribution >= 0.6 is 11.3 Å². The van der Waals surface area contributed by atoms with E-state index in [2.05, 4.69) is 15.4 Å². The van der Waals surface area contributed by atoms with Gasteiger partial charge in [-0.3, -0.25) is 4.79 Å². The zero-order valence-electron chi connectivity index (χ0n) is 13.4. The zero-order valence-corrected chi connectivity index (χ0v) is 14.2. The number of nitrogens with zero attached hydrogens (tertiary/aromatic N) is 3. The fourth-order valence-electron chi connectivity index (χ4n) is 2.28. The summed E-state index contributed by atoms with van der Waals surface area (Å²) in [5, 5.41) is 9.80. The topological polar surface area (TPSA) is 59.8 Å². The van der Waals surface area contributed by atoms with Gasteiger partial charge in [0.1, 0.15) is 11.6 Å². The van der Waals surface area contributed by atoms with E-state index in [0.717, 1.165) is 23.4 Å². The Kier molecular flexibility index (Phi) is 4.71. The van der Waals surface area contributed by atoms with Crippen molar-refractivity contribution in [2.75, 3.05) is 5.32 Å². The lowest BCUT2D eigenvalue weighted by atomic mass is 10.2. The maximum absolute atomic E-state index is 13.0. The lowest BCUT2D eigenvalue weighted by Gasteiger charge is -2.05. The minimum Gasteiger partial charge on any atom is -0.311 e. The number of carbonyl (C=O) groups is 1. The maximum Gasteiger partial charge on any atom is 0.225 e. The number of hydrogen-bond acceptors (Lipinski definition) is 4. The van der Waals surface area contributed by atoms with Crippen LogP contribution < -0.4 is 5.32 Å². The van der Waals surface area contributed by atoms with Gasteiger partial charge in [-0.2, -0.15) is 9.78 Å². The molecule has 3 rings (SSSR count). The molecular formula is C17H17FN4OS. The number of hydrogen-bond donors (Lipinski definition) is 1. The summed E-state index contributed by atoms with van der Waals surface area (Å²) in [6, 6.07) is 8.00. The van der Waals surface area contributed by atoms with Gasteiger partial charge in [-0.15, -0.1) is 11.3 Å². The molecule has 0 radical (unpaired) electrons. The van der Waals surface area contributed by atoms with Crippen molar-refractivity contribution >= 4 is 23.1 Å². The first-order valence-corrected chi connectivity index (χ1v) is 8.53. The lowest BCUT2D eigenvalue weighted by Crippen LogP contribution is -2.14. The Morgan fingerprint density at radius 2 is 2.08 bits per heavy atom. The molecule has 0 spiro atoms. The summed E-state index contributed by atoms with van der Waals surface area (Å²) < 4.78 is 14.7. The van der Waals surface area contributed by atoms with Crippen molar-refractivity contribution in [1.82, 2.24) is 14.8 Å². The molecule has 24 heavy (non-hydrogen) atoms. The summed E-state index contributed by atoms with van der Waals surface area (Å²) in [6.07, 6.45) is 1.24. The Morgan fingerprint density at radius 3 is 2.79 bits per heavy atom. The molecule has 0 saturated heterocycles. The van der Waals surface area contributed by atoms with Gasteiger partial charge in [0.25, 0.3) is 0 Å². The molecule has 0 saturated carbocycles. The Morgan fingerprint density at radius 1 is 1.33 bits per heavy atom. The number of anilines is 1. The number of amides is 1. The summed E-state index contributed by atoms with van der Waals surface area (Å²) >= 11 is 1.41. The van der Waals surface area contributed by atoms with Crippen molar-refractivity contribution in [3.05, 3.63) is 47.2 Å². The van der Waals surface area contributed by atoms with Gasteiger partial charge < -0.3 is 5.32 Å². The van der Waals surface area contributed by atoms with Gasteiger partial charge >= 0.3 is 0 Å². The molecule has 7 heteroatoms. The van der Waals surface area contributed by atoms with Gasteiger partial charge in [-0.05, 0) is 37.6 Å². The Hall–Kier alpha value is -2.54. The summed E-state index contributed by atoms with van der Waals surface area (Å²) in [5.41, 5.74) is 2.37. The smallest absolute Gasteiger partial charge is 0.225 e. The number of aryl methyl sites for hydroxylation is 1. The summed E-state index contributed by atoms with van der Waals surface area (Å²) in [7, 11) is 0. The quantitative estimate of drug-likeness (QED) is 0.755.